The zero-order valence-electron chi connectivity index (χ0n) is 16.9. The van der Waals surface area contributed by atoms with Gasteiger partial charge in [0.25, 0.3) is 0 Å². The Kier molecular flexibility index (Phi) is 5.68. The predicted molar refractivity (Wildman–Crippen MR) is 105 cm³/mol. The summed E-state index contributed by atoms with van der Waals surface area (Å²) in [7, 11) is 3.78. The van der Waals surface area contributed by atoms with E-state index in [1.807, 2.05) is 25.2 Å². The lowest BCUT2D eigenvalue weighted by molar-refractivity contribution is -0.153. The van der Waals surface area contributed by atoms with Crippen molar-refractivity contribution in [2.75, 3.05) is 40.3 Å². The van der Waals surface area contributed by atoms with Gasteiger partial charge in [0, 0.05) is 44.5 Å². The van der Waals surface area contributed by atoms with Crippen molar-refractivity contribution in [3.05, 3.63) is 18.2 Å². The van der Waals surface area contributed by atoms with E-state index in [9.17, 15) is 9.59 Å². The SMILES string of the molecule is CN(C)CC(=O)NC[C@H]1[C@H]2C[C@H](CN(Cc3ncc[nH]3)C2)[C@@H]2CCCC(=O)N21. The molecule has 0 aromatic carbocycles. The van der Waals surface area contributed by atoms with E-state index in [1.165, 1.54) is 0 Å². The first-order valence-electron chi connectivity index (χ1n) is 10.4. The molecule has 2 N–H and O–H groups in total. The number of amides is 2. The molecular weight excluding hydrogens is 356 g/mol. The van der Waals surface area contributed by atoms with Crippen molar-refractivity contribution in [1.29, 1.82) is 0 Å². The number of likely N-dealkylation sites (N-methyl/N-ethyl adjacent to an activating group) is 1. The Morgan fingerprint density at radius 2 is 2.18 bits per heavy atom. The van der Waals surface area contributed by atoms with Crippen molar-refractivity contribution >= 4 is 11.8 Å². The summed E-state index contributed by atoms with van der Waals surface area (Å²) in [5, 5.41) is 3.09. The molecule has 0 unspecified atom stereocenters. The Hall–Kier alpha value is -1.93. The van der Waals surface area contributed by atoms with Crippen LogP contribution in [0.4, 0.5) is 0 Å². The Morgan fingerprint density at radius 3 is 2.93 bits per heavy atom. The number of fused-ring (bicyclic) bond motifs is 4. The molecule has 1 aromatic rings. The summed E-state index contributed by atoms with van der Waals surface area (Å²) in [5.74, 6) is 2.21. The van der Waals surface area contributed by atoms with E-state index in [0.29, 0.717) is 37.4 Å². The molecule has 3 saturated heterocycles. The molecule has 0 spiro atoms. The first-order valence-corrected chi connectivity index (χ1v) is 10.4. The number of aromatic amines is 1. The predicted octanol–water partition coefficient (Wildman–Crippen LogP) is 0.289. The number of rotatable bonds is 6. The Balaban J connectivity index is 1.49. The fraction of sp³-hybridized carbons (Fsp3) is 0.750. The highest BCUT2D eigenvalue weighted by Gasteiger charge is 2.49. The molecule has 4 heterocycles. The smallest absolute Gasteiger partial charge is 0.234 e. The van der Waals surface area contributed by atoms with E-state index in [4.69, 9.17) is 0 Å². The molecule has 0 radical (unpaired) electrons. The van der Waals surface area contributed by atoms with Crippen LogP contribution in [0.25, 0.3) is 0 Å². The topological polar surface area (TPSA) is 84.6 Å². The third-order valence-corrected chi connectivity index (χ3v) is 6.47. The van der Waals surface area contributed by atoms with Gasteiger partial charge in [0.2, 0.25) is 11.8 Å². The zero-order chi connectivity index (χ0) is 19.7. The lowest BCUT2D eigenvalue weighted by atomic mass is 9.72. The number of hydrogen-bond donors (Lipinski definition) is 2. The molecule has 4 atom stereocenters. The van der Waals surface area contributed by atoms with Gasteiger partial charge >= 0.3 is 0 Å². The number of hydrogen-bond acceptors (Lipinski definition) is 5. The average Bonchev–Trinajstić information content (AvgIpc) is 3.14. The van der Waals surface area contributed by atoms with Crippen LogP contribution in [0.1, 0.15) is 31.5 Å². The minimum atomic E-state index is 0.0244. The number of carbonyl (C=O) groups excluding carboxylic acids is 2. The third kappa shape index (κ3) is 4.07. The molecule has 8 nitrogen and oxygen atoms in total. The molecule has 28 heavy (non-hydrogen) atoms. The lowest BCUT2D eigenvalue weighted by Gasteiger charge is -2.56. The van der Waals surface area contributed by atoms with E-state index >= 15 is 0 Å². The summed E-state index contributed by atoms with van der Waals surface area (Å²) >= 11 is 0. The maximum Gasteiger partial charge on any atom is 0.234 e. The summed E-state index contributed by atoms with van der Waals surface area (Å²) in [5.41, 5.74) is 0. The highest BCUT2D eigenvalue weighted by Crippen LogP contribution is 2.41. The van der Waals surface area contributed by atoms with Crippen LogP contribution in [0.2, 0.25) is 0 Å². The largest absolute Gasteiger partial charge is 0.353 e. The number of likely N-dealkylation sites (tertiary alicyclic amines) is 1. The molecule has 8 heteroatoms. The number of nitrogens with zero attached hydrogens (tertiary/aromatic N) is 4. The van der Waals surface area contributed by atoms with E-state index in [2.05, 4.69) is 25.1 Å². The molecule has 4 rings (SSSR count). The van der Waals surface area contributed by atoms with Gasteiger partial charge in [-0.1, -0.05) is 0 Å². The summed E-state index contributed by atoms with van der Waals surface area (Å²) in [6, 6.07) is 0.409. The quantitative estimate of drug-likeness (QED) is 0.732. The minimum absolute atomic E-state index is 0.0244. The molecule has 3 fully saturated rings. The van der Waals surface area contributed by atoms with Crippen LogP contribution in [-0.2, 0) is 16.1 Å². The van der Waals surface area contributed by atoms with Gasteiger partial charge in [0.05, 0.1) is 19.1 Å². The number of piperidine rings is 3. The Labute approximate surface area is 166 Å². The van der Waals surface area contributed by atoms with Crippen LogP contribution in [0, 0.1) is 11.8 Å². The normalized spacial score (nSPS) is 30.4. The van der Waals surface area contributed by atoms with Gasteiger partial charge in [0.15, 0.2) is 0 Å². The second kappa shape index (κ2) is 8.21. The standard InChI is InChI=1S/C20H32N6O2/c1-24(2)13-19(27)23-9-17-15-8-14(16-4-3-5-20(28)26(16)17)10-25(11-15)12-18-21-6-7-22-18/h6-7,14-17H,3-5,8-13H2,1-2H3,(H,21,22)(H,23,27)/t14-,15+,16+,17+/m1/s1. The van der Waals surface area contributed by atoms with Crippen LogP contribution in [0.15, 0.2) is 12.4 Å². The van der Waals surface area contributed by atoms with Gasteiger partial charge in [-0.3, -0.25) is 14.5 Å². The number of imidazole rings is 1. The number of carbonyl (C=O) groups is 2. The van der Waals surface area contributed by atoms with Crippen LogP contribution in [-0.4, -0.2) is 88.8 Å². The van der Waals surface area contributed by atoms with Crippen LogP contribution in [0.5, 0.6) is 0 Å². The highest BCUT2D eigenvalue weighted by molar-refractivity contribution is 5.79. The molecular formula is C20H32N6O2. The fourth-order valence-electron chi connectivity index (χ4n) is 5.42. The molecule has 3 aliphatic heterocycles. The first kappa shape index (κ1) is 19.4. The van der Waals surface area contributed by atoms with E-state index in [0.717, 1.165) is 44.7 Å². The molecule has 3 aliphatic rings. The van der Waals surface area contributed by atoms with Crippen molar-refractivity contribution < 1.29 is 9.59 Å². The maximum absolute atomic E-state index is 12.8. The van der Waals surface area contributed by atoms with Crippen molar-refractivity contribution in [2.45, 2.75) is 44.3 Å². The summed E-state index contributed by atoms with van der Waals surface area (Å²) in [6.07, 6.45) is 7.53. The number of aromatic nitrogens is 2. The van der Waals surface area contributed by atoms with Crippen LogP contribution in [0.3, 0.4) is 0 Å². The average molecular weight is 389 g/mol. The number of H-pyrrole nitrogens is 1. The molecule has 0 aliphatic carbocycles. The van der Waals surface area contributed by atoms with E-state index < -0.39 is 0 Å². The second-order valence-corrected chi connectivity index (χ2v) is 8.86. The second-order valence-electron chi connectivity index (χ2n) is 8.86. The molecule has 2 bridgehead atoms. The maximum atomic E-state index is 12.8. The summed E-state index contributed by atoms with van der Waals surface area (Å²) < 4.78 is 0. The van der Waals surface area contributed by atoms with Crippen LogP contribution < -0.4 is 5.32 Å². The third-order valence-electron chi connectivity index (χ3n) is 6.47. The lowest BCUT2D eigenvalue weighted by Crippen LogP contribution is -2.67. The highest BCUT2D eigenvalue weighted by atomic mass is 16.2. The minimum Gasteiger partial charge on any atom is -0.353 e. The van der Waals surface area contributed by atoms with E-state index in [-0.39, 0.29) is 17.9 Å². The van der Waals surface area contributed by atoms with Gasteiger partial charge in [-0.05, 0) is 45.2 Å². The molecule has 1 aromatic heterocycles. The molecule has 0 saturated carbocycles. The van der Waals surface area contributed by atoms with Crippen molar-refractivity contribution in [3.63, 3.8) is 0 Å². The summed E-state index contributed by atoms with van der Waals surface area (Å²) in [6.45, 7) is 3.72. The Morgan fingerprint density at radius 1 is 1.36 bits per heavy atom. The van der Waals surface area contributed by atoms with Crippen molar-refractivity contribution in [2.24, 2.45) is 11.8 Å². The first-order chi connectivity index (χ1) is 13.5. The zero-order valence-corrected chi connectivity index (χ0v) is 16.9. The Bertz CT molecular complexity index is 691. The molecule has 2 amide bonds. The van der Waals surface area contributed by atoms with Crippen molar-refractivity contribution in [3.8, 4) is 0 Å². The van der Waals surface area contributed by atoms with Crippen LogP contribution >= 0.6 is 0 Å². The van der Waals surface area contributed by atoms with E-state index in [1.54, 1.807) is 6.20 Å². The number of nitrogens with one attached hydrogen (secondary N) is 2. The van der Waals surface area contributed by atoms with Gasteiger partial charge in [-0.25, -0.2) is 4.98 Å². The van der Waals surface area contributed by atoms with Gasteiger partial charge in [0.1, 0.15) is 5.82 Å². The summed E-state index contributed by atoms with van der Waals surface area (Å²) in [4.78, 5) is 39.1. The molecule has 154 valence electrons. The van der Waals surface area contributed by atoms with Gasteiger partial charge in [-0.2, -0.15) is 0 Å². The monoisotopic (exact) mass is 388 g/mol. The van der Waals surface area contributed by atoms with Crippen molar-refractivity contribution in [1.82, 2.24) is 30.0 Å². The van der Waals surface area contributed by atoms with Gasteiger partial charge in [-0.15, -0.1) is 0 Å². The van der Waals surface area contributed by atoms with Gasteiger partial charge < -0.3 is 20.1 Å². The fourth-order valence-corrected chi connectivity index (χ4v) is 5.42.